The quantitative estimate of drug-likeness (QED) is 0.464. The van der Waals surface area contributed by atoms with Crippen LogP contribution in [0.3, 0.4) is 0 Å². The zero-order valence-electron chi connectivity index (χ0n) is 11.8. The van der Waals surface area contributed by atoms with Crippen LogP contribution >= 0.6 is 15.9 Å². The van der Waals surface area contributed by atoms with E-state index in [0.717, 1.165) is 5.56 Å². The van der Waals surface area contributed by atoms with Gasteiger partial charge < -0.3 is 4.74 Å². The lowest BCUT2D eigenvalue weighted by Gasteiger charge is -2.09. The van der Waals surface area contributed by atoms with Gasteiger partial charge in [0.15, 0.2) is 0 Å². The van der Waals surface area contributed by atoms with Gasteiger partial charge in [0.05, 0.1) is 4.92 Å². The molecule has 21 heavy (non-hydrogen) atoms. The Morgan fingerprint density at radius 1 is 1.29 bits per heavy atom. The lowest BCUT2D eigenvalue weighted by Crippen LogP contribution is -2.01. The van der Waals surface area contributed by atoms with Crippen molar-refractivity contribution < 1.29 is 9.66 Å². The highest BCUT2D eigenvalue weighted by Gasteiger charge is 2.17. The fourth-order valence-corrected chi connectivity index (χ4v) is 2.07. The maximum Gasteiger partial charge on any atom is 0.311 e. The van der Waals surface area contributed by atoms with Crippen LogP contribution in [0.1, 0.15) is 31.2 Å². The summed E-state index contributed by atoms with van der Waals surface area (Å²) in [5, 5.41) is 11.1. The number of aryl methyl sites for hydroxylation is 1. The SMILES string of the molecule is Cc1ccc(Oc2cc(Br)nc(C(C)C)n2)c([N+](=O)[O-])c1. The molecule has 1 heterocycles. The lowest BCUT2D eigenvalue weighted by atomic mass is 10.2. The normalized spacial score (nSPS) is 10.7. The molecule has 0 aliphatic heterocycles. The van der Waals surface area contributed by atoms with Crippen molar-refractivity contribution in [1.82, 2.24) is 9.97 Å². The highest BCUT2D eigenvalue weighted by atomic mass is 79.9. The maximum atomic E-state index is 11.1. The Balaban J connectivity index is 2.41. The average Bonchev–Trinajstić information content (AvgIpc) is 2.40. The zero-order chi connectivity index (χ0) is 15.6. The molecular formula is C14H14BrN3O3. The molecule has 0 fully saturated rings. The summed E-state index contributed by atoms with van der Waals surface area (Å²) < 4.78 is 6.15. The van der Waals surface area contributed by atoms with Crippen molar-refractivity contribution in [3.05, 3.63) is 50.4 Å². The van der Waals surface area contributed by atoms with Crippen molar-refractivity contribution in [3.8, 4) is 11.6 Å². The summed E-state index contributed by atoms with van der Waals surface area (Å²) >= 11 is 3.29. The first kappa shape index (κ1) is 15.4. The second kappa shape index (κ2) is 6.17. The molecular weight excluding hydrogens is 338 g/mol. The largest absolute Gasteiger partial charge is 0.432 e. The van der Waals surface area contributed by atoms with Gasteiger partial charge in [-0.3, -0.25) is 10.1 Å². The molecule has 1 aromatic carbocycles. The van der Waals surface area contributed by atoms with Gasteiger partial charge in [-0.15, -0.1) is 0 Å². The van der Waals surface area contributed by atoms with Crippen molar-refractivity contribution in [2.24, 2.45) is 0 Å². The molecule has 6 nitrogen and oxygen atoms in total. The number of rotatable bonds is 4. The summed E-state index contributed by atoms with van der Waals surface area (Å²) in [4.78, 5) is 19.1. The minimum Gasteiger partial charge on any atom is -0.432 e. The Labute approximate surface area is 130 Å². The summed E-state index contributed by atoms with van der Waals surface area (Å²) in [6.45, 7) is 5.70. The maximum absolute atomic E-state index is 11.1. The molecule has 0 spiro atoms. The number of ether oxygens (including phenoxy) is 1. The number of nitro benzene ring substituents is 1. The van der Waals surface area contributed by atoms with Crippen LogP contribution < -0.4 is 4.74 Å². The molecule has 0 saturated carbocycles. The zero-order valence-corrected chi connectivity index (χ0v) is 13.4. The molecule has 0 aliphatic carbocycles. The summed E-state index contributed by atoms with van der Waals surface area (Å²) in [6.07, 6.45) is 0. The van der Waals surface area contributed by atoms with E-state index in [1.807, 2.05) is 13.8 Å². The van der Waals surface area contributed by atoms with Crippen LogP contribution in [0.2, 0.25) is 0 Å². The molecule has 0 saturated heterocycles. The van der Waals surface area contributed by atoms with Gasteiger partial charge in [-0.25, -0.2) is 4.98 Å². The van der Waals surface area contributed by atoms with Gasteiger partial charge in [0.25, 0.3) is 0 Å². The number of benzene rings is 1. The van der Waals surface area contributed by atoms with E-state index in [1.165, 1.54) is 6.07 Å². The van der Waals surface area contributed by atoms with Gasteiger partial charge in [0, 0.05) is 18.1 Å². The summed E-state index contributed by atoms with van der Waals surface area (Å²) in [5.74, 6) is 1.16. The van der Waals surface area contributed by atoms with Crippen LogP contribution in [0.4, 0.5) is 5.69 Å². The van der Waals surface area contributed by atoms with Gasteiger partial charge in [0.1, 0.15) is 10.4 Å². The first-order valence-electron chi connectivity index (χ1n) is 6.34. The van der Waals surface area contributed by atoms with Crippen LogP contribution in [0.25, 0.3) is 0 Å². The number of hydrogen-bond donors (Lipinski definition) is 0. The van der Waals surface area contributed by atoms with E-state index in [2.05, 4.69) is 25.9 Å². The molecule has 0 amide bonds. The predicted octanol–water partition coefficient (Wildman–Crippen LogP) is 4.37. The van der Waals surface area contributed by atoms with E-state index < -0.39 is 4.92 Å². The van der Waals surface area contributed by atoms with Crippen LogP contribution in [0, 0.1) is 17.0 Å². The molecule has 7 heteroatoms. The monoisotopic (exact) mass is 351 g/mol. The second-order valence-corrected chi connectivity index (χ2v) is 5.68. The first-order valence-corrected chi connectivity index (χ1v) is 7.13. The van der Waals surface area contributed by atoms with Crippen LogP contribution in [0.5, 0.6) is 11.6 Å². The van der Waals surface area contributed by atoms with Crippen molar-refractivity contribution in [2.75, 3.05) is 0 Å². The highest BCUT2D eigenvalue weighted by Crippen LogP contribution is 2.32. The van der Waals surface area contributed by atoms with E-state index >= 15 is 0 Å². The third-order valence-corrected chi connectivity index (χ3v) is 3.14. The minimum atomic E-state index is -0.470. The van der Waals surface area contributed by atoms with Gasteiger partial charge in [-0.2, -0.15) is 4.98 Å². The van der Waals surface area contributed by atoms with Gasteiger partial charge in [0.2, 0.25) is 11.6 Å². The average molecular weight is 352 g/mol. The molecule has 0 N–H and O–H groups in total. The molecule has 0 unspecified atom stereocenters. The molecule has 0 aliphatic rings. The Morgan fingerprint density at radius 3 is 2.62 bits per heavy atom. The number of nitrogens with zero attached hydrogens (tertiary/aromatic N) is 3. The van der Waals surface area contributed by atoms with Crippen molar-refractivity contribution >= 4 is 21.6 Å². The third kappa shape index (κ3) is 3.75. The molecule has 0 bridgehead atoms. The molecule has 0 atom stereocenters. The minimum absolute atomic E-state index is 0.0872. The van der Waals surface area contributed by atoms with Crippen molar-refractivity contribution in [1.29, 1.82) is 0 Å². The molecule has 2 aromatic rings. The summed E-state index contributed by atoms with van der Waals surface area (Å²) in [7, 11) is 0. The lowest BCUT2D eigenvalue weighted by molar-refractivity contribution is -0.385. The Kier molecular flexibility index (Phi) is 4.52. The molecule has 0 radical (unpaired) electrons. The predicted molar refractivity (Wildman–Crippen MR) is 81.7 cm³/mol. The van der Waals surface area contributed by atoms with E-state index in [-0.39, 0.29) is 23.2 Å². The highest BCUT2D eigenvalue weighted by molar-refractivity contribution is 9.10. The number of hydrogen-bond acceptors (Lipinski definition) is 5. The van der Waals surface area contributed by atoms with Crippen LogP contribution in [-0.4, -0.2) is 14.9 Å². The second-order valence-electron chi connectivity index (χ2n) is 4.87. The van der Waals surface area contributed by atoms with Crippen molar-refractivity contribution in [3.63, 3.8) is 0 Å². The van der Waals surface area contributed by atoms with E-state index in [4.69, 9.17) is 4.74 Å². The Bertz CT molecular complexity index is 689. The molecule has 2 rings (SSSR count). The standard InChI is InChI=1S/C14H14BrN3O3/c1-8(2)14-16-12(15)7-13(17-14)21-11-5-4-9(3)6-10(11)18(19)20/h4-8H,1-3H3. The summed E-state index contributed by atoms with van der Waals surface area (Å²) in [5.41, 5.74) is 0.705. The Morgan fingerprint density at radius 2 is 2.00 bits per heavy atom. The fraction of sp³-hybridized carbons (Fsp3) is 0.286. The van der Waals surface area contributed by atoms with Gasteiger partial charge in [-0.1, -0.05) is 19.9 Å². The molecule has 110 valence electrons. The first-order chi connectivity index (χ1) is 9.86. The van der Waals surface area contributed by atoms with Crippen LogP contribution in [0.15, 0.2) is 28.9 Å². The fourth-order valence-electron chi connectivity index (χ4n) is 1.69. The van der Waals surface area contributed by atoms with Crippen LogP contribution in [-0.2, 0) is 0 Å². The molecule has 1 aromatic heterocycles. The Hall–Kier alpha value is -2.02. The number of halogens is 1. The van der Waals surface area contributed by atoms with Gasteiger partial charge in [-0.05, 0) is 34.5 Å². The topological polar surface area (TPSA) is 78.2 Å². The van der Waals surface area contributed by atoms with Gasteiger partial charge >= 0.3 is 5.69 Å². The third-order valence-electron chi connectivity index (χ3n) is 2.73. The number of nitro groups is 1. The van der Waals surface area contributed by atoms with Crippen molar-refractivity contribution in [2.45, 2.75) is 26.7 Å². The smallest absolute Gasteiger partial charge is 0.311 e. The summed E-state index contributed by atoms with van der Waals surface area (Å²) in [6, 6.07) is 6.37. The van der Waals surface area contributed by atoms with E-state index in [9.17, 15) is 10.1 Å². The van der Waals surface area contributed by atoms with E-state index in [0.29, 0.717) is 10.4 Å². The number of aromatic nitrogens is 2. The van der Waals surface area contributed by atoms with E-state index in [1.54, 1.807) is 25.1 Å².